The van der Waals surface area contributed by atoms with Crippen molar-refractivity contribution in [3.05, 3.63) is 65.0 Å². The van der Waals surface area contributed by atoms with Gasteiger partial charge in [0.2, 0.25) is 11.8 Å². The number of rotatable bonds is 7. The van der Waals surface area contributed by atoms with Gasteiger partial charge in [-0.1, -0.05) is 36.7 Å². The predicted octanol–water partition coefficient (Wildman–Crippen LogP) is 4.51. The van der Waals surface area contributed by atoms with Crippen molar-refractivity contribution in [2.75, 3.05) is 6.54 Å². The third-order valence-electron chi connectivity index (χ3n) is 3.84. The van der Waals surface area contributed by atoms with Gasteiger partial charge in [0.15, 0.2) is 0 Å². The molecule has 1 N–H and O–H groups in total. The average molecular weight is 358 g/mol. The Morgan fingerprint density at radius 2 is 1.80 bits per heavy atom. The molecule has 0 unspecified atom stereocenters. The number of hydrogen-bond acceptors (Lipinski definition) is 5. The van der Waals surface area contributed by atoms with Crippen molar-refractivity contribution in [1.82, 2.24) is 15.1 Å². The summed E-state index contributed by atoms with van der Waals surface area (Å²) in [7, 11) is 0. The number of phenols is 1. The van der Waals surface area contributed by atoms with E-state index < -0.39 is 0 Å². The summed E-state index contributed by atoms with van der Waals surface area (Å²) < 4.78 is 5.78. The first-order valence-electron chi connectivity index (χ1n) is 8.23. The van der Waals surface area contributed by atoms with E-state index in [-0.39, 0.29) is 0 Å². The van der Waals surface area contributed by atoms with E-state index in [1.165, 1.54) is 0 Å². The van der Waals surface area contributed by atoms with Gasteiger partial charge in [-0.15, -0.1) is 10.2 Å². The molecule has 0 bridgehead atoms. The maximum atomic E-state index is 9.98. The normalized spacial score (nSPS) is 11.2. The van der Waals surface area contributed by atoms with Crippen molar-refractivity contribution in [2.45, 2.75) is 26.4 Å². The molecule has 5 nitrogen and oxygen atoms in total. The Labute approximate surface area is 151 Å². The minimum absolute atomic E-state index is 0.302. The van der Waals surface area contributed by atoms with Gasteiger partial charge in [0, 0.05) is 22.7 Å². The van der Waals surface area contributed by atoms with Crippen molar-refractivity contribution in [1.29, 1.82) is 0 Å². The third kappa shape index (κ3) is 4.59. The lowest BCUT2D eigenvalue weighted by atomic mass is 10.2. The summed E-state index contributed by atoms with van der Waals surface area (Å²) in [4.78, 5) is 2.17. The fraction of sp³-hybridized carbons (Fsp3) is 0.263. The largest absolute Gasteiger partial charge is 0.508 e. The van der Waals surface area contributed by atoms with E-state index >= 15 is 0 Å². The molecule has 0 aliphatic heterocycles. The molecule has 0 spiro atoms. The maximum Gasteiger partial charge on any atom is 0.247 e. The smallest absolute Gasteiger partial charge is 0.247 e. The summed E-state index contributed by atoms with van der Waals surface area (Å²) in [6, 6.07) is 14.7. The number of hydrogen-bond donors (Lipinski definition) is 1. The molecule has 2 aromatic carbocycles. The molecule has 0 aliphatic rings. The van der Waals surface area contributed by atoms with Gasteiger partial charge >= 0.3 is 0 Å². The molecular weight excluding hydrogens is 338 g/mol. The third-order valence-corrected chi connectivity index (χ3v) is 4.09. The fourth-order valence-corrected chi connectivity index (χ4v) is 2.76. The van der Waals surface area contributed by atoms with Crippen LogP contribution in [0.25, 0.3) is 11.5 Å². The minimum Gasteiger partial charge on any atom is -0.508 e. The average Bonchev–Trinajstić information content (AvgIpc) is 3.06. The first kappa shape index (κ1) is 17.5. The van der Waals surface area contributed by atoms with Crippen LogP contribution < -0.4 is 0 Å². The Morgan fingerprint density at radius 1 is 1.04 bits per heavy atom. The summed E-state index contributed by atoms with van der Waals surface area (Å²) >= 11 is 5.90. The number of aromatic hydroxyl groups is 1. The van der Waals surface area contributed by atoms with Gasteiger partial charge < -0.3 is 9.52 Å². The van der Waals surface area contributed by atoms with Crippen molar-refractivity contribution < 1.29 is 9.52 Å². The number of para-hydroxylation sites is 1. The Kier molecular flexibility index (Phi) is 5.68. The van der Waals surface area contributed by atoms with Crippen LogP contribution in [0.1, 0.15) is 24.8 Å². The zero-order valence-corrected chi connectivity index (χ0v) is 14.8. The van der Waals surface area contributed by atoms with E-state index in [0.717, 1.165) is 24.1 Å². The molecule has 0 fully saturated rings. The van der Waals surface area contributed by atoms with E-state index in [4.69, 9.17) is 16.0 Å². The zero-order chi connectivity index (χ0) is 17.6. The molecule has 0 saturated carbocycles. The monoisotopic (exact) mass is 357 g/mol. The number of phenolic OH excluding ortho intramolecular Hbond substituents is 1. The molecular formula is C19H20ClN3O2. The van der Waals surface area contributed by atoms with Crippen molar-refractivity contribution >= 4 is 11.6 Å². The molecule has 3 aromatic rings. The standard InChI is InChI=1S/C19H20ClN3O2/c1-2-11-23(12-15-5-3-4-6-17(15)24)13-18-21-22-19(25-18)14-7-9-16(20)10-8-14/h3-10,24H,2,11-13H2,1H3. The van der Waals surface area contributed by atoms with E-state index in [1.807, 2.05) is 30.3 Å². The van der Waals surface area contributed by atoms with Crippen LogP contribution in [0.15, 0.2) is 52.9 Å². The number of aromatic nitrogens is 2. The zero-order valence-electron chi connectivity index (χ0n) is 14.0. The Morgan fingerprint density at radius 3 is 2.52 bits per heavy atom. The lowest BCUT2D eigenvalue weighted by molar-refractivity contribution is 0.229. The number of halogens is 1. The van der Waals surface area contributed by atoms with Crippen molar-refractivity contribution in [3.8, 4) is 17.2 Å². The molecule has 0 amide bonds. The van der Waals surface area contributed by atoms with Gasteiger partial charge in [0.1, 0.15) is 5.75 Å². The molecule has 0 saturated heterocycles. The highest BCUT2D eigenvalue weighted by atomic mass is 35.5. The van der Waals surface area contributed by atoms with Gasteiger partial charge in [0.25, 0.3) is 0 Å². The van der Waals surface area contributed by atoms with Crippen LogP contribution in [-0.2, 0) is 13.1 Å². The molecule has 6 heteroatoms. The second-order valence-corrected chi connectivity index (χ2v) is 6.28. The highest BCUT2D eigenvalue weighted by Gasteiger charge is 2.14. The summed E-state index contributed by atoms with van der Waals surface area (Å²) in [5.41, 5.74) is 1.72. The molecule has 1 aromatic heterocycles. The van der Waals surface area contributed by atoms with Crippen LogP contribution in [0.5, 0.6) is 5.75 Å². The van der Waals surface area contributed by atoms with Crippen LogP contribution in [-0.4, -0.2) is 26.7 Å². The molecule has 130 valence electrons. The second kappa shape index (κ2) is 8.14. The summed E-state index contributed by atoms with van der Waals surface area (Å²) in [5.74, 6) is 1.33. The van der Waals surface area contributed by atoms with Gasteiger partial charge in [-0.25, -0.2) is 0 Å². The molecule has 3 rings (SSSR count). The second-order valence-electron chi connectivity index (χ2n) is 5.85. The summed E-state index contributed by atoms with van der Waals surface area (Å²) in [6.07, 6.45) is 0.992. The van der Waals surface area contributed by atoms with Crippen LogP contribution in [0.2, 0.25) is 5.02 Å². The Hall–Kier alpha value is -2.37. The Balaban J connectivity index is 1.72. The molecule has 0 atom stereocenters. The lowest BCUT2D eigenvalue weighted by Crippen LogP contribution is -2.23. The fourth-order valence-electron chi connectivity index (χ4n) is 2.63. The van der Waals surface area contributed by atoms with Crippen LogP contribution >= 0.6 is 11.6 Å². The van der Waals surface area contributed by atoms with E-state index in [9.17, 15) is 5.11 Å². The van der Waals surface area contributed by atoms with Crippen molar-refractivity contribution in [3.63, 3.8) is 0 Å². The lowest BCUT2D eigenvalue weighted by Gasteiger charge is -2.20. The van der Waals surface area contributed by atoms with Crippen LogP contribution in [0, 0.1) is 0 Å². The molecule has 25 heavy (non-hydrogen) atoms. The highest BCUT2D eigenvalue weighted by Crippen LogP contribution is 2.22. The first-order chi connectivity index (χ1) is 12.2. The van der Waals surface area contributed by atoms with E-state index in [1.54, 1.807) is 18.2 Å². The van der Waals surface area contributed by atoms with Gasteiger partial charge in [0.05, 0.1) is 6.54 Å². The molecule has 1 heterocycles. The highest BCUT2D eigenvalue weighted by molar-refractivity contribution is 6.30. The SMILES string of the molecule is CCCN(Cc1nnc(-c2ccc(Cl)cc2)o1)Cc1ccccc1O. The predicted molar refractivity (Wildman–Crippen MR) is 97.3 cm³/mol. The Bertz CT molecular complexity index is 818. The number of benzene rings is 2. The minimum atomic E-state index is 0.302. The van der Waals surface area contributed by atoms with Crippen molar-refractivity contribution in [2.24, 2.45) is 0 Å². The van der Waals surface area contributed by atoms with Crippen LogP contribution in [0.4, 0.5) is 0 Å². The summed E-state index contributed by atoms with van der Waals surface area (Å²) in [6.45, 7) is 4.14. The number of nitrogens with zero attached hydrogens (tertiary/aromatic N) is 3. The topological polar surface area (TPSA) is 62.4 Å². The van der Waals surface area contributed by atoms with Crippen LogP contribution in [0.3, 0.4) is 0 Å². The quantitative estimate of drug-likeness (QED) is 0.674. The molecule has 0 radical (unpaired) electrons. The van der Waals surface area contributed by atoms with Gasteiger partial charge in [-0.3, -0.25) is 4.90 Å². The van der Waals surface area contributed by atoms with E-state index in [2.05, 4.69) is 22.0 Å². The van der Waals surface area contributed by atoms with Gasteiger partial charge in [-0.2, -0.15) is 0 Å². The van der Waals surface area contributed by atoms with Gasteiger partial charge in [-0.05, 0) is 43.3 Å². The molecule has 0 aliphatic carbocycles. The maximum absolute atomic E-state index is 9.98. The van der Waals surface area contributed by atoms with E-state index in [0.29, 0.717) is 35.6 Å². The summed E-state index contributed by atoms with van der Waals surface area (Å²) in [5, 5.41) is 18.9. The first-order valence-corrected chi connectivity index (χ1v) is 8.61.